The second kappa shape index (κ2) is 3.17. The van der Waals surface area contributed by atoms with Gasteiger partial charge in [0.25, 0.3) is 5.69 Å². The van der Waals surface area contributed by atoms with Gasteiger partial charge < -0.3 is 4.74 Å². The van der Waals surface area contributed by atoms with Crippen LogP contribution in [0.2, 0.25) is 0 Å². The number of nitrogens with zero attached hydrogens (tertiary/aromatic N) is 2. The summed E-state index contributed by atoms with van der Waals surface area (Å²) in [6.07, 6.45) is 0. The monoisotopic (exact) mass is 167 g/mol. The Morgan fingerprint density at radius 2 is 2.33 bits per heavy atom. The molecule has 0 saturated heterocycles. The Morgan fingerprint density at radius 3 is 2.75 bits per heavy atom. The van der Waals surface area contributed by atoms with Crippen molar-refractivity contribution in [1.82, 2.24) is 4.98 Å². The van der Waals surface area contributed by atoms with Gasteiger partial charge in [-0.05, 0) is 0 Å². The molecule has 5 nitrogen and oxygen atoms in total. The van der Waals surface area contributed by atoms with Crippen molar-refractivity contribution in [3.8, 4) is 5.88 Å². The van der Waals surface area contributed by atoms with E-state index >= 15 is 0 Å². The highest BCUT2D eigenvalue weighted by Gasteiger charge is 2.11. The standard InChI is InChI=1S/C7H7N2O3/c1-5-6(9(10)11)3-4-7(8-5)12-2/h3-4H,1H2,2H3. The van der Waals surface area contributed by atoms with Gasteiger partial charge in [0.05, 0.1) is 12.0 Å². The fourth-order valence-electron chi connectivity index (χ4n) is 0.754. The maximum absolute atomic E-state index is 10.3. The fraction of sp³-hybridized carbons (Fsp3) is 0.143. The van der Waals surface area contributed by atoms with Crippen LogP contribution in [0.4, 0.5) is 5.69 Å². The molecule has 63 valence electrons. The highest BCUT2D eigenvalue weighted by atomic mass is 16.6. The average Bonchev–Trinajstić information content (AvgIpc) is 2.03. The summed E-state index contributed by atoms with van der Waals surface area (Å²) in [4.78, 5) is 13.5. The third-order valence-electron chi connectivity index (χ3n) is 1.33. The van der Waals surface area contributed by atoms with E-state index in [4.69, 9.17) is 4.74 Å². The lowest BCUT2D eigenvalue weighted by Crippen LogP contribution is -1.95. The van der Waals surface area contributed by atoms with Gasteiger partial charge in [0.2, 0.25) is 5.88 Å². The first-order valence-corrected chi connectivity index (χ1v) is 3.16. The van der Waals surface area contributed by atoms with Gasteiger partial charge in [0.15, 0.2) is 0 Å². The normalized spacial score (nSPS) is 9.50. The fourth-order valence-corrected chi connectivity index (χ4v) is 0.754. The van der Waals surface area contributed by atoms with Crippen LogP contribution < -0.4 is 4.74 Å². The van der Waals surface area contributed by atoms with Crippen LogP contribution >= 0.6 is 0 Å². The Bertz CT molecular complexity index is 312. The maximum atomic E-state index is 10.3. The molecule has 1 aromatic rings. The largest absolute Gasteiger partial charge is 0.481 e. The van der Waals surface area contributed by atoms with Crippen molar-refractivity contribution in [2.24, 2.45) is 0 Å². The SMILES string of the molecule is [CH2]c1nc(OC)ccc1[N+](=O)[O-]. The summed E-state index contributed by atoms with van der Waals surface area (Å²) in [5.74, 6) is 0.325. The van der Waals surface area contributed by atoms with Gasteiger partial charge in [-0.15, -0.1) is 0 Å². The lowest BCUT2D eigenvalue weighted by molar-refractivity contribution is -0.385. The summed E-state index contributed by atoms with van der Waals surface area (Å²) < 4.78 is 4.76. The zero-order valence-corrected chi connectivity index (χ0v) is 6.48. The van der Waals surface area contributed by atoms with Crippen LogP contribution in [0.5, 0.6) is 5.88 Å². The van der Waals surface area contributed by atoms with Crippen molar-refractivity contribution in [3.05, 3.63) is 34.9 Å². The molecule has 5 heteroatoms. The van der Waals surface area contributed by atoms with E-state index in [-0.39, 0.29) is 11.4 Å². The van der Waals surface area contributed by atoms with E-state index in [1.54, 1.807) is 0 Å². The second-order valence-corrected chi connectivity index (χ2v) is 2.08. The van der Waals surface area contributed by atoms with E-state index in [2.05, 4.69) is 11.9 Å². The molecule has 0 aromatic carbocycles. The van der Waals surface area contributed by atoms with Crippen molar-refractivity contribution in [2.75, 3.05) is 7.11 Å². The summed E-state index contributed by atoms with van der Waals surface area (Å²) in [6, 6.07) is 2.74. The van der Waals surface area contributed by atoms with Gasteiger partial charge in [-0.1, -0.05) is 0 Å². The molecule has 0 saturated carbocycles. The van der Waals surface area contributed by atoms with E-state index < -0.39 is 4.92 Å². The number of hydrogen-bond donors (Lipinski definition) is 0. The van der Waals surface area contributed by atoms with E-state index in [0.717, 1.165) is 0 Å². The molecule has 0 aliphatic rings. The molecular formula is C7H7N2O3. The van der Waals surface area contributed by atoms with Gasteiger partial charge in [-0.2, -0.15) is 0 Å². The molecule has 0 fully saturated rings. The number of nitro groups is 1. The summed E-state index contributed by atoms with van der Waals surface area (Å²) in [6.45, 7) is 3.42. The summed E-state index contributed by atoms with van der Waals surface area (Å²) in [5, 5.41) is 10.3. The van der Waals surface area contributed by atoms with Gasteiger partial charge in [-0.25, -0.2) is 4.98 Å². The topological polar surface area (TPSA) is 65.3 Å². The predicted molar refractivity (Wildman–Crippen MR) is 41.9 cm³/mol. The number of ether oxygens (including phenoxy) is 1. The van der Waals surface area contributed by atoms with Crippen molar-refractivity contribution >= 4 is 5.69 Å². The lowest BCUT2D eigenvalue weighted by Gasteiger charge is -1.99. The highest BCUT2D eigenvalue weighted by molar-refractivity contribution is 5.39. The molecule has 1 aromatic heterocycles. The molecule has 12 heavy (non-hydrogen) atoms. The number of methoxy groups -OCH3 is 1. The molecule has 1 radical (unpaired) electrons. The molecule has 1 rings (SSSR count). The van der Waals surface area contributed by atoms with Crippen LogP contribution in [-0.2, 0) is 0 Å². The van der Waals surface area contributed by atoms with Crippen molar-refractivity contribution in [2.45, 2.75) is 0 Å². The minimum absolute atomic E-state index is 0.101. The van der Waals surface area contributed by atoms with E-state index in [1.165, 1.54) is 19.2 Å². The van der Waals surface area contributed by atoms with Crippen molar-refractivity contribution in [3.63, 3.8) is 0 Å². The van der Waals surface area contributed by atoms with Crippen molar-refractivity contribution < 1.29 is 9.66 Å². The van der Waals surface area contributed by atoms with E-state index in [1.807, 2.05) is 0 Å². The first-order chi connectivity index (χ1) is 5.65. The third kappa shape index (κ3) is 1.50. The van der Waals surface area contributed by atoms with Gasteiger partial charge in [-0.3, -0.25) is 10.1 Å². The van der Waals surface area contributed by atoms with Crippen molar-refractivity contribution in [1.29, 1.82) is 0 Å². The smallest absolute Gasteiger partial charge is 0.291 e. The summed E-state index contributed by atoms with van der Waals surface area (Å²) in [7, 11) is 1.44. The molecule has 1 heterocycles. The molecule has 0 unspecified atom stereocenters. The van der Waals surface area contributed by atoms with Crippen LogP contribution in [0.15, 0.2) is 12.1 Å². The minimum atomic E-state index is -0.533. The van der Waals surface area contributed by atoms with Crippen LogP contribution in [0.3, 0.4) is 0 Å². The van der Waals surface area contributed by atoms with Crippen LogP contribution in [-0.4, -0.2) is 17.0 Å². The molecule has 0 atom stereocenters. The number of pyridine rings is 1. The molecule has 0 amide bonds. The average molecular weight is 167 g/mol. The Labute approximate surface area is 69.1 Å². The van der Waals surface area contributed by atoms with E-state index in [9.17, 15) is 10.1 Å². The molecule has 0 aliphatic heterocycles. The zero-order chi connectivity index (χ0) is 9.14. The quantitative estimate of drug-likeness (QED) is 0.490. The zero-order valence-electron chi connectivity index (χ0n) is 6.48. The highest BCUT2D eigenvalue weighted by Crippen LogP contribution is 2.18. The number of rotatable bonds is 2. The first kappa shape index (κ1) is 8.45. The Morgan fingerprint density at radius 1 is 1.67 bits per heavy atom. The Kier molecular flexibility index (Phi) is 2.23. The molecular weight excluding hydrogens is 160 g/mol. The van der Waals surface area contributed by atoms with Gasteiger partial charge in [0.1, 0.15) is 5.69 Å². The van der Waals surface area contributed by atoms with E-state index in [0.29, 0.717) is 5.88 Å². The van der Waals surface area contributed by atoms with Gasteiger partial charge in [0, 0.05) is 19.1 Å². The number of hydrogen-bond acceptors (Lipinski definition) is 4. The lowest BCUT2D eigenvalue weighted by atomic mass is 10.3. The predicted octanol–water partition coefficient (Wildman–Crippen LogP) is 1.18. The van der Waals surface area contributed by atoms with Crippen LogP contribution in [0.1, 0.15) is 5.69 Å². The Hall–Kier alpha value is -1.65. The molecule has 0 aliphatic carbocycles. The maximum Gasteiger partial charge on any atom is 0.291 e. The number of aromatic nitrogens is 1. The molecule has 0 spiro atoms. The van der Waals surface area contributed by atoms with Crippen LogP contribution in [0, 0.1) is 17.0 Å². The molecule has 0 bridgehead atoms. The second-order valence-electron chi connectivity index (χ2n) is 2.08. The third-order valence-corrected chi connectivity index (χ3v) is 1.33. The summed E-state index contributed by atoms with van der Waals surface area (Å²) in [5.41, 5.74) is 0.00940. The van der Waals surface area contributed by atoms with Crippen LogP contribution in [0.25, 0.3) is 0 Å². The minimum Gasteiger partial charge on any atom is -0.481 e. The first-order valence-electron chi connectivity index (χ1n) is 3.16. The van der Waals surface area contributed by atoms with Gasteiger partial charge >= 0.3 is 0 Å². The summed E-state index contributed by atoms with van der Waals surface area (Å²) >= 11 is 0. The molecule has 0 N–H and O–H groups in total. The Balaban J connectivity index is 3.12.